The number of hydrogen-bond donors (Lipinski definition) is 1. The Labute approximate surface area is 114 Å². The zero-order valence-electron chi connectivity index (χ0n) is 10.1. The number of halogens is 1. The number of carbonyl (C=O) groups is 2. The number of carbonyl (C=O) groups excluding carboxylic acids is 2. The van der Waals surface area contributed by atoms with Crippen LogP contribution in [0.3, 0.4) is 0 Å². The molecule has 0 radical (unpaired) electrons. The van der Waals surface area contributed by atoms with Gasteiger partial charge in [-0.15, -0.1) is 0 Å². The van der Waals surface area contributed by atoms with Crippen molar-refractivity contribution >= 4 is 27.7 Å². The van der Waals surface area contributed by atoms with E-state index in [2.05, 4.69) is 21.2 Å². The first-order chi connectivity index (χ1) is 8.63. The monoisotopic (exact) mass is 310 g/mol. The highest BCUT2D eigenvalue weighted by molar-refractivity contribution is 9.10. The van der Waals surface area contributed by atoms with Crippen molar-refractivity contribution in [3.63, 3.8) is 0 Å². The third-order valence-electron chi connectivity index (χ3n) is 2.95. The number of nitrogens with one attached hydrogen (secondary N) is 1. The van der Waals surface area contributed by atoms with Crippen LogP contribution in [0.15, 0.2) is 28.7 Å². The quantitative estimate of drug-likeness (QED) is 0.922. The van der Waals surface area contributed by atoms with Crippen molar-refractivity contribution in [1.82, 2.24) is 10.2 Å². The van der Waals surface area contributed by atoms with Gasteiger partial charge in [-0.05, 0) is 40.9 Å². The summed E-state index contributed by atoms with van der Waals surface area (Å²) in [4.78, 5) is 25.5. The second-order valence-electron chi connectivity index (χ2n) is 4.32. The van der Waals surface area contributed by atoms with E-state index in [1.807, 2.05) is 18.2 Å². The summed E-state index contributed by atoms with van der Waals surface area (Å²) < 4.78 is 0.762. The van der Waals surface area contributed by atoms with Gasteiger partial charge in [0.05, 0.1) is 5.56 Å². The van der Waals surface area contributed by atoms with Crippen molar-refractivity contribution in [2.75, 3.05) is 13.6 Å². The fraction of sp³-hybridized carbons (Fsp3) is 0.385. The Kier molecular flexibility index (Phi) is 4.01. The van der Waals surface area contributed by atoms with Gasteiger partial charge in [-0.3, -0.25) is 9.59 Å². The predicted octanol–water partition coefficient (Wildman–Crippen LogP) is 1.80. The van der Waals surface area contributed by atoms with Gasteiger partial charge >= 0.3 is 0 Å². The normalized spacial score (nSPS) is 14.1. The van der Waals surface area contributed by atoms with E-state index < -0.39 is 0 Å². The minimum atomic E-state index is -0.137. The van der Waals surface area contributed by atoms with Crippen LogP contribution in [0.5, 0.6) is 0 Å². The molecule has 1 aliphatic rings. The maximum atomic E-state index is 12.4. The SMILES string of the molecule is CNC(=O)CN(C(=O)c1ccccc1Br)C1CC1. The van der Waals surface area contributed by atoms with Crippen molar-refractivity contribution < 1.29 is 9.59 Å². The molecule has 0 aliphatic heterocycles. The van der Waals surface area contributed by atoms with E-state index in [-0.39, 0.29) is 24.4 Å². The number of nitrogens with zero attached hydrogens (tertiary/aromatic N) is 1. The molecular weight excluding hydrogens is 296 g/mol. The first-order valence-corrected chi connectivity index (χ1v) is 6.69. The minimum Gasteiger partial charge on any atom is -0.358 e. The lowest BCUT2D eigenvalue weighted by Crippen LogP contribution is -2.41. The summed E-state index contributed by atoms with van der Waals surface area (Å²) in [6, 6.07) is 7.50. The smallest absolute Gasteiger partial charge is 0.255 e. The molecule has 1 aromatic rings. The molecule has 18 heavy (non-hydrogen) atoms. The number of likely N-dealkylation sites (N-methyl/N-ethyl adjacent to an activating group) is 1. The summed E-state index contributed by atoms with van der Waals surface area (Å²) in [7, 11) is 1.58. The second kappa shape index (κ2) is 5.52. The first kappa shape index (κ1) is 13.1. The van der Waals surface area contributed by atoms with Gasteiger partial charge in [0.1, 0.15) is 6.54 Å². The first-order valence-electron chi connectivity index (χ1n) is 5.89. The van der Waals surface area contributed by atoms with Crippen LogP contribution in [-0.4, -0.2) is 36.3 Å². The van der Waals surface area contributed by atoms with Crippen LogP contribution in [0.1, 0.15) is 23.2 Å². The minimum absolute atomic E-state index is 0.0893. The van der Waals surface area contributed by atoms with Crippen molar-refractivity contribution in [3.8, 4) is 0 Å². The van der Waals surface area contributed by atoms with Gasteiger partial charge in [-0.1, -0.05) is 12.1 Å². The molecule has 5 heteroatoms. The number of hydrogen-bond acceptors (Lipinski definition) is 2. The standard InChI is InChI=1S/C13H15BrN2O2/c1-15-12(17)8-16(9-6-7-9)13(18)10-4-2-3-5-11(10)14/h2-5,9H,6-8H2,1H3,(H,15,17). The van der Waals surface area contributed by atoms with E-state index in [0.29, 0.717) is 5.56 Å². The van der Waals surface area contributed by atoms with Crippen molar-refractivity contribution in [2.45, 2.75) is 18.9 Å². The third kappa shape index (κ3) is 2.90. The Morgan fingerprint density at radius 2 is 2.06 bits per heavy atom. The summed E-state index contributed by atoms with van der Waals surface area (Å²) in [5.74, 6) is -0.226. The summed E-state index contributed by atoms with van der Waals surface area (Å²) in [5.41, 5.74) is 0.605. The third-order valence-corrected chi connectivity index (χ3v) is 3.64. The molecule has 0 heterocycles. The summed E-state index contributed by atoms with van der Waals surface area (Å²) in [6.45, 7) is 0.126. The molecule has 0 aromatic heterocycles. The zero-order valence-corrected chi connectivity index (χ0v) is 11.7. The van der Waals surface area contributed by atoms with Crippen LogP contribution in [0.4, 0.5) is 0 Å². The highest BCUT2D eigenvalue weighted by Gasteiger charge is 2.34. The van der Waals surface area contributed by atoms with Crippen LogP contribution in [-0.2, 0) is 4.79 Å². The van der Waals surface area contributed by atoms with E-state index in [1.54, 1.807) is 18.0 Å². The molecule has 1 aliphatic carbocycles. The molecule has 1 aromatic carbocycles. The summed E-state index contributed by atoms with van der Waals surface area (Å²) >= 11 is 3.37. The van der Waals surface area contributed by atoms with E-state index in [9.17, 15) is 9.59 Å². The molecule has 0 spiro atoms. The van der Waals surface area contributed by atoms with E-state index in [1.165, 1.54) is 0 Å². The molecule has 0 atom stereocenters. The molecule has 96 valence electrons. The lowest BCUT2D eigenvalue weighted by molar-refractivity contribution is -0.121. The van der Waals surface area contributed by atoms with Gasteiger partial charge < -0.3 is 10.2 Å². The van der Waals surface area contributed by atoms with Gasteiger partial charge in [0, 0.05) is 17.6 Å². The average molecular weight is 311 g/mol. The number of benzene rings is 1. The molecule has 2 rings (SSSR count). The molecule has 1 fully saturated rings. The molecular formula is C13H15BrN2O2. The Morgan fingerprint density at radius 3 is 2.61 bits per heavy atom. The van der Waals surface area contributed by atoms with Crippen molar-refractivity contribution in [1.29, 1.82) is 0 Å². The molecule has 0 unspecified atom stereocenters. The van der Waals surface area contributed by atoms with Crippen molar-refractivity contribution in [2.24, 2.45) is 0 Å². The van der Waals surface area contributed by atoms with Crippen LogP contribution < -0.4 is 5.32 Å². The van der Waals surface area contributed by atoms with E-state index in [4.69, 9.17) is 0 Å². The van der Waals surface area contributed by atoms with E-state index in [0.717, 1.165) is 17.3 Å². The predicted molar refractivity (Wildman–Crippen MR) is 72.3 cm³/mol. The van der Waals surface area contributed by atoms with Crippen LogP contribution in [0.25, 0.3) is 0 Å². The maximum Gasteiger partial charge on any atom is 0.255 e. The highest BCUT2D eigenvalue weighted by Crippen LogP contribution is 2.29. The molecule has 0 bridgehead atoms. The fourth-order valence-electron chi connectivity index (χ4n) is 1.78. The topological polar surface area (TPSA) is 49.4 Å². The van der Waals surface area contributed by atoms with Gasteiger partial charge in [0.15, 0.2) is 0 Å². The van der Waals surface area contributed by atoms with Gasteiger partial charge in [-0.25, -0.2) is 0 Å². The molecule has 2 amide bonds. The number of rotatable bonds is 4. The summed E-state index contributed by atoms with van der Waals surface area (Å²) in [6.07, 6.45) is 1.96. The molecule has 4 nitrogen and oxygen atoms in total. The summed E-state index contributed by atoms with van der Waals surface area (Å²) in [5, 5.41) is 2.55. The van der Waals surface area contributed by atoms with Gasteiger partial charge in [0.25, 0.3) is 5.91 Å². The molecule has 1 N–H and O–H groups in total. The zero-order chi connectivity index (χ0) is 13.1. The Hall–Kier alpha value is -1.36. The largest absolute Gasteiger partial charge is 0.358 e. The van der Waals surface area contributed by atoms with Crippen LogP contribution in [0.2, 0.25) is 0 Å². The Bertz CT molecular complexity index is 472. The maximum absolute atomic E-state index is 12.4. The lowest BCUT2D eigenvalue weighted by atomic mass is 10.2. The Balaban J connectivity index is 2.18. The second-order valence-corrected chi connectivity index (χ2v) is 5.17. The molecule has 1 saturated carbocycles. The highest BCUT2D eigenvalue weighted by atomic mass is 79.9. The lowest BCUT2D eigenvalue weighted by Gasteiger charge is -2.22. The van der Waals surface area contributed by atoms with Gasteiger partial charge in [-0.2, -0.15) is 0 Å². The van der Waals surface area contributed by atoms with Crippen LogP contribution in [0, 0.1) is 0 Å². The van der Waals surface area contributed by atoms with Gasteiger partial charge in [0.2, 0.25) is 5.91 Å². The average Bonchev–Trinajstić information content (AvgIpc) is 3.19. The Morgan fingerprint density at radius 1 is 1.39 bits per heavy atom. The van der Waals surface area contributed by atoms with Crippen LogP contribution >= 0.6 is 15.9 Å². The van der Waals surface area contributed by atoms with Crippen molar-refractivity contribution in [3.05, 3.63) is 34.3 Å². The number of amides is 2. The molecule has 0 saturated heterocycles. The fourth-order valence-corrected chi connectivity index (χ4v) is 2.23. The van der Waals surface area contributed by atoms with E-state index >= 15 is 0 Å².